The fraction of sp³-hybridized carbons (Fsp3) is 0.471. The first kappa shape index (κ1) is 18.7. The minimum atomic E-state index is -0.705. The normalized spacial score (nSPS) is 11.0. The van der Waals surface area contributed by atoms with Crippen molar-refractivity contribution in [3.8, 4) is 0 Å². The van der Waals surface area contributed by atoms with Crippen LogP contribution in [-0.4, -0.2) is 41.4 Å². The largest absolute Gasteiger partial charge is 0.456 e. The van der Waals surface area contributed by atoms with Gasteiger partial charge in [-0.2, -0.15) is 0 Å². The van der Waals surface area contributed by atoms with Crippen LogP contribution in [-0.2, 0) is 4.74 Å². The van der Waals surface area contributed by atoms with E-state index in [0.717, 1.165) is 0 Å². The fourth-order valence-corrected chi connectivity index (χ4v) is 2.04. The highest BCUT2D eigenvalue weighted by Crippen LogP contribution is 2.17. The Morgan fingerprint density at radius 1 is 1.00 bits per heavy atom. The maximum Gasteiger partial charge on any atom is 0.338 e. The van der Waals surface area contributed by atoms with Gasteiger partial charge in [0.1, 0.15) is 5.60 Å². The summed E-state index contributed by atoms with van der Waals surface area (Å²) in [6, 6.07) is 4.17. The second-order valence-electron chi connectivity index (χ2n) is 6.14. The van der Waals surface area contributed by atoms with Gasteiger partial charge in [-0.15, -0.1) is 0 Å². The third-order valence-electron chi connectivity index (χ3n) is 3.15. The minimum absolute atomic E-state index is 0.101. The number of benzene rings is 1. The number of ether oxygens (including phenoxy) is 1. The lowest BCUT2D eigenvalue weighted by atomic mass is 10.0. The molecule has 1 aromatic carbocycles. The SMILES string of the molecule is CCN(CC)C(=O)c1cc(C(N)=O)cc(C(=O)OC(C)(C)C)c1. The Morgan fingerprint density at radius 2 is 1.48 bits per heavy atom. The molecule has 0 aliphatic carbocycles. The third-order valence-corrected chi connectivity index (χ3v) is 3.15. The van der Waals surface area contributed by atoms with Crippen molar-refractivity contribution >= 4 is 17.8 Å². The molecule has 2 amide bonds. The number of hydrogen-bond donors (Lipinski definition) is 1. The number of amides is 2. The second kappa shape index (κ2) is 7.26. The Hall–Kier alpha value is -2.37. The van der Waals surface area contributed by atoms with Crippen molar-refractivity contribution in [2.45, 2.75) is 40.2 Å². The monoisotopic (exact) mass is 320 g/mol. The number of carbonyl (C=O) groups is 3. The summed E-state index contributed by atoms with van der Waals surface area (Å²) < 4.78 is 5.29. The van der Waals surface area contributed by atoms with Gasteiger partial charge in [0.25, 0.3) is 5.91 Å². The first-order chi connectivity index (χ1) is 10.6. The Morgan fingerprint density at radius 3 is 1.91 bits per heavy atom. The number of hydrogen-bond acceptors (Lipinski definition) is 4. The second-order valence-corrected chi connectivity index (χ2v) is 6.14. The van der Waals surface area contributed by atoms with Gasteiger partial charge in [-0.05, 0) is 52.8 Å². The fourth-order valence-electron chi connectivity index (χ4n) is 2.04. The van der Waals surface area contributed by atoms with E-state index in [4.69, 9.17) is 10.5 Å². The highest BCUT2D eigenvalue weighted by atomic mass is 16.6. The highest BCUT2D eigenvalue weighted by Gasteiger charge is 2.22. The van der Waals surface area contributed by atoms with Crippen molar-refractivity contribution in [2.75, 3.05) is 13.1 Å². The predicted molar refractivity (Wildman–Crippen MR) is 87.4 cm³/mol. The summed E-state index contributed by atoms with van der Waals surface area (Å²) in [6.45, 7) is 9.98. The summed E-state index contributed by atoms with van der Waals surface area (Å²) in [6.07, 6.45) is 0. The molecule has 0 spiro atoms. The lowest BCUT2D eigenvalue weighted by molar-refractivity contribution is 0.00695. The van der Waals surface area contributed by atoms with Gasteiger partial charge >= 0.3 is 5.97 Å². The van der Waals surface area contributed by atoms with E-state index in [0.29, 0.717) is 13.1 Å². The molecular weight excluding hydrogens is 296 g/mol. The van der Waals surface area contributed by atoms with Crippen LogP contribution < -0.4 is 5.73 Å². The molecule has 0 aromatic heterocycles. The summed E-state index contributed by atoms with van der Waals surface area (Å²) in [7, 11) is 0. The van der Waals surface area contributed by atoms with Gasteiger partial charge in [0.15, 0.2) is 0 Å². The summed E-state index contributed by atoms with van der Waals surface area (Å²) in [5, 5.41) is 0. The van der Waals surface area contributed by atoms with Gasteiger partial charge in [0.2, 0.25) is 5.91 Å². The van der Waals surface area contributed by atoms with Crippen LogP contribution in [0, 0.1) is 0 Å². The molecule has 1 aromatic rings. The number of carbonyl (C=O) groups excluding carboxylic acids is 3. The summed E-state index contributed by atoms with van der Waals surface area (Å²) in [5.41, 5.74) is 5.10. The quantitative estimate of drug-likeness (QED) is 0.842. The van der Waals surface area contributed by atoms with Crippen LogP contribution >= 0.6 is 0 Å². The zero-order valence-corrected chi connectivity index (χ0v) is 14.3. The molecule has 23 heavy (non-hydrogen) atoms. The summed E-state index contributed by atoms with van der Waals surface area (Å²) in [5.74, 6) is -1.57. The van der Waals surface area contributed by atoms with Crippen LogP contribution in [0.3, 0.4) is 0 Å². The van der Waals surface area contributed by atoms with E-state index < -0.39 is 17.5 Å². The van der Waals surface area contributed by atoms with Crippen molar-refractivity contribution in [3.05, 3.63) is 34.9 Å². The number of esters is 1. The van der Waals surface area contributed by atoms with Crippen LogP contribution in [0.2, 0.25) is 0 Å². The van der Waals surface area contributed by atoms with Gasteiger partial charge in [-0.25, -0.2) is 4.79 Å². The van der Waals surface area contributed by atoms with E-state index in [2.05, 4.69) is 0 Å². The molecule has 0 bridgehead atoms. The molecule has 6 heteroatoms. The third kappa shape index (κ3) is 5.09. The van der Waals surface area contributed by atoms with Gasteiger partial charge in [0.05, 0.1) is 5.56 Å². The number of nitrogens with zero attached hydrogens (tertiary/aromatic N) is 1. The molecule has 0 heterocycles. The van der Waals surface area contributed by atoms with E-state index in [9.17, 15) is 14.4 Å². The van der Waals surface area contributed by atoms with E-state index in [1.54, 1.807) is 25.7 Å². The minimum Gasteiger partial charge on any atom is -0.456 e. The van der Waals surface area contributed by atoms with Crippen molar-refractivity contribution in [2.24, 2.45) is 5.73 Å². The summed E-state index contributed by atoms with van der Waals surface area (Å²) >= 11 is 0. The molecule has 0 aliphatic rings. The molecule has 0 fully saturated rings. The topological polar surface area (TPSA) is 89.7 Å². The van der Waals surface area contributed by atoms with Gasteiger partial charge in [0, 0.05) is 24.2 Å². The van der Waals surface area contributed by atoms with Crippen LogP contribution in [0.4, 0.5) is 0 Å². The lowest BCUT2D eigenvalue weighted by Gasteiger charge is -2.21. The molecule has 0 aliphatic heterocycles. The van der Waals surface area contributed by atoms with Crippen molar-refractivity contribution in [1.82, 2.24) is 4.90 Å². The molecule has 2 N–H and O–H groups in total. The maximum absolute atomic E-state index is 12.5. The first-order valence-corrected chi connectivity index (χ1v) is 7.56. The zero-order valence-electron chi connectivity index (χ0n) is 14.3. The molecule has 1 rings (SSSR count). The molecule has 6 nitrogen and oxygen atoms in total. The van der Waals surface area contributed by atoms with Gasteiger partial charge < -0.3 is 15.4 Å². The number of primary amides is 1. The Bertz CT molecular complexity index is 614. The molecule has 0 radical (unpaired) electrons. The van der Waals surface area contributed by atoms with Crippen LogP contribution in [0.1, 0.15) is 65.7 Å². The molecule has 0 saturated heterocycles. The van der Waals surface area contributed by atoms with Crippen molar-refractivity contribution in [1.29, 1.82) is 0 Å². The van der Waals surface area contributed by atoms with E-state index in [1.807, 2.05) is 13.8 Å². The van der Waals surface area contributed by atoms with Gasteiger partial charge in [-0.1, -0.05) is 0 Å². The standard InChI is InChI=1S/C17H24N2O4/c1-6-19(7-2)15(21)12-8-11(14(18)20)9-13(10-12)16(22)23-17(3,4)5/h8-10H,6-7H2,1-5H3,(H2,18,20). The van der Waals surface area contributed by atoms with Gasteiger partial charge in [-0.3, -0.25) is 9.59 Å². The molecule has 0 saturated carbocycles. The van der Waals surface area contributed by atoms with Crippen LogP contribution in [0.5, 0.6) is 0 Å². The van der Waals surface area contributed by atoms with Crippen LogP contribution in [0.25, 0.3) is 0 Å². The average molecular weight is 320 g/mol. The summed E-state index contributed by atoms with van der Waals surface area (Å²) in [4.78, 5) is 37.8. The Balaban J connectivity index is 3.30. The number of nitrogens with two attached hydrogens (primary N) is 1. The maximum atomic E-state index is 12.5. The first-order valence-electron chi connectivity index (χ1n) is 7.56. The smallest absolute Gasteiger partial charge is 0.338 e. The van der Waals surface area contributed by atoms with Crippen LogP contribution in [0.15, 0.2) is 18.2 Å². The number of rotatable bonds is 5. The molecule has 126 valence electrons. The Kier molecular flexibility index (Phi) is 5.90. The molecule has 0 atom stereocenters. The van der Waals surface area contributed by atoms with Crippen molar-refractivity contribution in [3.63, 3.8) is 0 Å². The Labute approximate surface area is 136 Å². The average Bonchev–Trinajstić information content (AvgIpc) is 2.46. The molecule has 0 unspecified atom stereocenters. The lowest BCUT2D eigenvalue weighted by Crippen LogP contribution is -2.31. The van der Waals surface area contributed by atoms with E-state index in [-0.39, 0.29) is 22.6 Å². The highest BCUT2D eigenvalue weighted by molar-refractivity contribution is 6.03. The predicted octanol–water partition coefficient (Wildman–Crippen LogP) is 2.22. The molecular formula is C17H24N2O4. The van der Waals surface area contributed by atoms with E-state index in [1.165, 1.54) is 18.2 Å². The zero-order chi connectivity index (χ0) is 17.8. The van der Waals surface area contributed by atoms with E-state index >= 15 is 0 Å². The van der Waals surface area contributed by atoms with Crippen molar-refractivity contribution < 1.29 is 19.1 Å².